The van der Waals surface area contributed by atoms with Crippen LogP contribution in [0, 0.1) is 0 Å². The van der Waals surface area contributed by atoms with Gasteiger partial charge in [-0.1, -0.05) is 6.58 Å². The van der Waals surface area contributed by atoms with E-state index in [0.717, 1.165) is 12.5 Å². The number of carbonyl (C=O) groups is 1. The molecule has 0 N–H and O–H groups in total. The van der Waals surface area contributed by atoms with E-state index in [9.17, 15) is 4.79 Å². The van der Waals surface area contributed by atoms with Crippen LogP contribution in [0.4, 0.5) is 0 Å². The zero-order valence-electron chi connectivity index (χ0n) is 15.9. The standard InChI is InChI=1S/C15H34O5Si3/c1-14(2)15(16)18-12-11-17-10-9-13-21(19-22(3,4)5)20-23(6,7)8/h21H,1,9-13H2,2-8H3. The molecule has 0 saturated carbocycles. The van der Waals surface area contributed by atoms with E-state index >= 15 is 0 Å². The highest BCUT2D eigenvalue weighted by atomic mass is 28.4. The number of ether oxygens (including phenoxy) is 2. The van der Waals surface area contributed by atoms with Gasteiger partial charge in [0.1, 0.15) is 6.61 Å². The maximum absolute atomic E-state index is 11.2. The third-order valence-electron chi connectivity index (χ3n) is 2.51. The monoisotopic (exact) mass is 378 g/mol. The molecule has 0 aromatic carbocycles. The normalized spacial score (nSPS) is 12.5. The van der Waals surface area contributed by atoms with Gasteiger partial charge in [0, 0.05) is 12.2 Å². The van der Waals surface area contributed by atoms with E-state index in [0.29, 0.717) is 18.8 Å². The number of hydrogen-bond donors (Lipinski definition) is 0. The molecular weight excluding hydrogens is 344 g/mol. The Bertz CT molecular complexity index is 358. The van der Waals surface area contributed by atoms with Crippen LogP contribution in [-0.2, 0) is 22.5 Å². The first-order valence-corrected chi connectivity index (χ1v) is 16.7. The van der Waals surface area contributed by atoms with Gasteiger partial charge in [0.15, 0.2) is 16.6 Å². The summed E-state index contributed by atoms with van der Waals surface area (Å²) in [5.74, 6) is -0.367. The summed E-state index contributed by atoms with van der Waals surface area (Å²) in [5.41, 5.74) is 0.408. The van der Waals surface area contributed by atoms with Gasteiger partial charge in [-0.05, 0) is 58.7 Å². The first-order chi connectivity index (χ1) is 10.4. The minimum absolute atomic E-state index is 0.267. The van der Waals surface area contributed by atoms with Gasteiger partial charge in [0.2, 0.25) is 0 Å². The first kappa shape index (κ1) is 22.7. The number of esters is 1. The fraction of sp³-hybridized carbons (Fsp3) is 0.800. The lowest BCUT2D eigenvalue weighted by atomic mass is 10.4. The van der Waals surface area contributed by atoms with Crippen LogP contribution in [0.25, 0.3) is 0 Å². The molecule has 0 aliphatic carbocycles. The number of carbonyl (C=O) groups excluding carboxylic acids is 1. The molecule has 0 radical (unpaired) electrons. The molecule has 8 heteroatoms. The summed E-state index contributed by atoms with van der Waals surface area (Å²) >= 11 is 0. The molecule has 0 unspecified atom stereocenters. The molecule has 136 valence electrons. The van der Waals surface area contributed by atoms with Crippen molar-refractivity contribution in [2.24, 2.45) is 0 Å². The van der Waals surface area contributed by atoms with E-state index in [-0.39, 0.29) is 12.6 Å². The van der Waals surface area contributed by atoms with Crippen LogP contribution in [0.2, 0.25) is 45.3 Å². The Hall–Kier alpha value is -0.259. The van der Waals surface area contributed by atoms with Crippen LogP contribution < -0.4 is 0 Å². The minimum Gasteiger partial charge on any atom is -0.460 e. The van der Waals surface area contributed by atoms with Gasteiger partial charge in [-0.3, -0.25) is 0 Å². The summed E-state index contributed by atoms with van der Waals surface area (Å²) in [6, 6.07) is 0.958. The molecule has 0 rings (SSSR count). The lowest BCUT2D eigenvalue weighted by Crippen LogP contribution is -2.43. The van der Waals surface area contributed by atoms with Crippen molar-refractivity contribution in [3.05, 3.63) is 12.2 Å². The SMILES string of the molecule is C=C(C)C(=O)OCCOCCC[SiH](O[Si](C)(C)C)O[Si](C)(C)C. The average molecular weight is 379 g/mol. The fourth-order valence-corrected chi connectivity index (χ4v) is 10.1. The molecule has 5 nitrogen and oxygen atoms in total. The van der Waals surface area contributed by atoms with Crippen molar-refractivity contribution in [3.8, 4) is 0 Å². The quantitative estimate of drug-likeness (QED) is 0.225. The van der Waals surface area contributed by atoms with Gasteiger partial charge in [-0.25, -0.2) is 4.79 Å². The van der Waals surface area contributed by atoms with Crippen LogP contribution in [0.3, 0.4) is 0 Å². The Kier molecular flexibility index (Phi) is 10.5. The van der Waals surface area contributed by atoms with E-state index in [1.54, 1.807) is 6.92 Å². The zero-order valence-corrected chi connectivity index (χ0v) is 19.0. The Morgan fingerprint density at radius 2 is 1.48 bits per heavy atom. The van der Waals surface area contributed by atoms with E-state index < -0.39 is 25.9 Å². The molecule has 0 aliphatic heterocycles. The maximum Gasteiger partial charge on any atom is 0.333 e. The van der Waals surface area contributed by atoms with Crippen molar-refractivity contribution in [1.82, 2.24) is 0 Å². The van der Waals surface area contributed by atoms with Crippen molar-refractivity contribution in [3.63, 3.8) is 0 Å². The van der Waals surface area contributed by atoms with Crippen LogP contribution >= 0.6 is 0 Å². The predicted molar refractivity (Wildman–Crippen MR) is 102 cm³/mol. The van der Waals surface area contributed by atoms with Gasteiger partial charge in [-0.2, -0.15) is 0 Å². The molecule has 0 amide bonds. The van der Waals surface area contributed by atoms with Crippen molar-refractivity contribution in [2.45, 2.75) is 58.7 Å². The number of hydrogen-bond acceptors (Lipinski definition) is 5. The Labute approximate surface area is 145 Å². The van der Waals surface area contributed by atoms with Gasteiger partial charge in [-0.15, -0.1) is 0 Å². The fourth-order valence-electron chi connectivity index (χ4n) is 1.70. The smallest absolute Gasteiger partial charge is 0.333 e. The second-order valence-corrected chi connectivity index (χ2v) is 19.3. The van der Waals surface area contributed by atoms with Crippen LogP contribution in [0.15, 0.2) is 12.2 Å². The van der Waals surface area contributed by atoms with Gasteiger partial charge < -0.3 is 17.7 Å². The van der Waals surface area contributed by atoms with Crippen molar-refractivity contribution < 1.29 is 22.5 Å². The summed E-state index contributed by atoms with van der Waals surface area (Å²) < 4.78 is 23.0. The minimum atomic E-state index is -1.63. The summed E-state index contributed by atoms with van der Waals surface area (Å²) in [5, 5.41) is 0. The largest absolute Gasteiger partial charge is 0.460 e. The van der Waals surface area contributed by atoms with Crippen LogP contribution in [0.5, 0.6) is 0 Å². The molecule has 0 aromatic heterocycles. The topological polar surface area (TPSA) is 54.0 Å². The molecule has 0 aromatic rings. The maximum atomic E-state index is 11.2. The van der Waals surface area contributed by atoms with Gasteiger partial charge >= 0.3 is 15.3 Å². The molecule has 0 heterocycles. The van der Waals surface area contributed by atoms with Gasteiger partial charge in [0.05, 0.1) is 6.61 Å². The van der Waals surface area contributed by atoms with Crippen molar-refractivity contribution >= 4 is 31.9 Å². The van der Waals surface area contributed by atoms with E-state index in [2.05, 4.69) is 45.9 Å². The molecule has 0 aliphatic rings. The highest BCUT2D eigenvalue weighted by molar-refractivity contribution is 6.81. The molecular formula is C15H34O5Si3. The molecule has 0 bridgehead atoms. The summed E-state index contributed by atoms with van der Waals surface area (Å²) in [7, 11) is -4.77. The highest BCUT2D eigenvalue weighted by Crippen LogP contribution is 2.15. The van der Waals surface area contributed by atoms with Crippen LogP contribution in [0.1, 0.15) is 13.3 Å². The third-order valence-corrected chi connectivity index (χ3v) is 11.1. The average Bonchev–Trinajstić information content (AvgIpc) is 2.32. The Balaban J connectivity index is 3.95. The molecule has 0 saturated heterocycles. The molecule has 0 spiro atoms. The Morgan fingerprint density at radius 1 is 0.957 bits per heavy atom. The van der Waals surface area contributed by atoms with Crippen molar-refractivity contribution in [1.29, 1.82) is 0 Å². The zero-order chi connectivity index (χ0) is 18.1. The van der Waals surface area contributed by atoms with E-state index in [1.807, 2.05) is 0 Å². The first-order valence-electron chi connectivity index (χ1n) is 8.17. The lowest BCUT2D eigenvalue weighted by molar-refractivity contribution is -0.140. The molecule has 23 heavy (non-hydrogen) atoms. The van der Waals surface area contributed by atoms with Gasteiger partial charge in [0.25, 0.3) is 0 Å². The second-order valence-electron chi connectivity index (χ2n) is 7.56. The predicted octanol–water partition coefficient (Wildman–Crippen LogP) is 3.44. The lowest BCUT2D eigenvalue weighted by Gasteiger charge is -2.30. The highest BCUT2D eigenvalue weighted by Gasteiger charge is 2.28. The van der Waals surface area contributed by atoms with E-state index in [4.69, 9.17) is 17.7 Å². The summed E-state index contributed by atoms with van der Waals surface area (Å²) in [6.45, 7) is 19.7. The molecule has 0 atom stereocenters. The number of rotatable bonds is 12. The Morgan fingerprint density at radius 3 is 1.91 bits per heavy atom. The molecule has 0 fully saturated rings. The summed E-state index contributed by atoms with van der Waals surface area (Å²) in [6.07, 6.45) is 0.917. The second kappa shape index (κ2) is 10.6. The van der Waals surface area contributed by atoms with Crippen molar-refractivity contribution in [2.75, 3.05) is 19.8 Å². The summed E-state index contributed by atoms with van der Waals surface area (Å²) in [4.78, 5) is 11.2. The van der Waals surface area contributed by atoms with E-state index in [1.165, 1.54) is 0 Å². The van der Waals surface area contributed by atoms with Crippen LogP contribution in [-0.4, -0.2) is 51.7 Å². The third kappa shape index (κ3) is 15.0.